The summed E-state index contributed by atoms with van der Waals surface area (Å²) in [5, 5.41) is 17.7. The van der Waals surface area contributed by atoms with Crippen molar-refractivity contribution in [3.05, 3.63) is 12.2 Å². The minimum Gasteiger partial charge on any atom is -0.480 e. The molecule has 0 aromatic heterocycles. The summed E-state index contributed by atoms with van der Waals surface area (Å²) in [4.78, 5) is 21.7. The molecule has 0 saturated carbocycles. The molecule has 2 atom stereocenters. The van der Waals surface area contributed by atoms with E-state index in [-0.39, 0.29) is 12.5 Å². The van der Waals surface area contributed by atoms with E-state index < -0.39 is 23.5 Å². The van der Waals surface area contributed by atoms with Gasteiger partial charge in [0, 0.05) is 6.42 Å². The lowest BCUT2D eigenvalue weighted by atomic mass is 9.77. The molecule has 0 amide bonds. The standard InChI is InChI=1S/C8H8O5/c9-6(10)8(7(11)12)3-4-1-2-5(8)13-4/h1-2,4-5H,3H2,(H,9,10)(H,11,12). The van der Waals surface area contributed by atoms with Crippen LogP contribution in [0.1, 0.15) is 6.42 Å². The number of hydrogen-bond donors (Lipinski definition) is 2. The maximum absolute atomic E-state index is 10.9. The first-order valence-electron chi connectivity index (χ1n) is 3.88. The first-order chi connectivity index (χ1) is 6.07. The van der Waals surface area contributed by atoms with Gasteiger partial charge in [-0.05, 0) is 0 Å². The topological polar surface area (TPSA) is 83.8 Å². The van der Waals surface area contributed by atoms with Crippen molar-refractivity contribution >= 4 is 11.9 Å². The van der Waals surface area contributed by atoms with E-state index in [0.717, 1.165) is 0 Å². The SMILES string of the molecule is O=C(O)C1(C(=O)O)CC2C=CC1O2. The van der Waals surface area contributed by atoms with Crippen LogP contribution in [-0.4, -0.2) is 34.4 Å². The van der Waals surface area contributed by atoms with Gasteiger partial charge in [-0.1, -0.05) is 12.2 Å². The van der Waals surface area contributed by atoms with Gasteiger partial charge < -0.3 is 14.9 Å². The molecule has 2 bridgehead atoms. The van der Waals surface area contributed by atoms with Gasteiger partial charge in [0.15, 0.2) is 5.41 Å². The molecular formula is C8H8O5. The van der Waals surface area contributed by atoms with Gasteiger partial charge in [0.05, 0.1) is 6.10 Å². The van der Waals surface area contributed by atoms with Crippen molar-refractivity contribution in [3.8, 4) is 0 Å². The molecule has 13 heavy (non-hydrogen) atoms. The lowest BCUT2D eigenvalue weighted by Gasteiger charge is -2.23. The lowest BCUT2D eigenvalue weighted by Crippen LogP contribution is -2.45. The summed E-state index contributed by atoms with van der Waals surface area (Å²) >= 11 is 0. The summed E-state index contributed by atoms with van der Waals surface area (Å²) in [6, 6.07) is 0. The van der Waals surface area contributed by atoms with Crippen molar-refractivity contribution in [2.24, 2.45) is 5.41 Å². The van der Waals surface area contributed by atoms with Gasteiger partial charge in [-0.3, -0.25) is 9.59 Å². The number of ether oxygens (including phenoxy) is 1. The minimum atomic E-state index is -1.76. The quantitative estimate of drug-likeness (QED) is 0.461. The van der Waals surface area contributed by atoms with Gasteiger partial charge in [-0.2, -0.15) is 0 Å². The van der Waals surface area contributed by atoms with Crippen molar-refractivity contribution in [1.82, 2.24) is 0 Å². The van der Waals surface area contributed by atoms with Crippen LogP contribution in [0, 0.1) is 5.41 Å². The fraction of sp³-hybridized carbons (Fsp3) is 0.500. The Bertz CT molecular complexity index is 292. The second-order valence-corrected chi connectivity index (χ2v) is 3.27. The van der Waals surface area contributed by atoms with E-state index in [4.69, 9.17) is 14.9 Å². The number of carboxylic acids is 2. The Morgan fingerprint density at radius 1 is 1.31 bits per heavy atom. The molecule has 0 spiro atoms. The summed E-state index contributed by atoms with van der Waals surface area (Å²) in [6.07, 6.45) is 2.08. The third-order valence-corrected chi connectivity index (χ3v) is 2.59. The molecule has 1 saturated heterocycles. The van der Waals surface area contributed by atoms with Crippen molar-refractivity contribution < 1.29 is 24.5 Å². The number of rotatable bonds is 2. The molecule has 5 heteroatoms. The second-order valence-electron chi connectivity index (χ2n) is 3.27. The Kier molecular flexibility index (Phi) is 1.47. The van der Waals surface area contributed by atoms with E-state index >= 15 is 0 Å². The molecule has 1 fully saturated rings. The lowest BCUT2D eigenvalue weighted by molar-refractivity contribution is -0.166. The number of carbonyl (C=O) groups is 2. The molecule has 0 aromatic rings. The zero-order valence-corrected chi connectivity index (χ0v) is 6.64. The summed E-state index contributed by atoms with van der Waals surface area (Å²) in [6.45, 7) is 0. The Hall–Kier alpha value is -1.36. The van der Waals surface area contributed by atoms with Crippen LogP contribution in [0.25, 0.3) is 0 Å². The first-order valence-corrected chi connectivity index (χ1v) is 3.88. The number of aliphatic carboxylic acids is 2. The van der Waals surface area contributed by atoms with E-state index in [1.807, 2.05) is 0 Å². The highest BCUT2D eigenvalue weighted by molar-refractivity contribution is 6.00. The van der Waals surface area contributed by atoms with Crippen LogP contribution in [-0.2, 0) is 14.3 Å². The summed E-state index contributed by atoms with van der Waals surface area (Å²) in [5.41, 5.74) is -1.76. The van der Waals surface area contributed by atoms with Gasteiger partial charge in [0.25, 0.3) is 0 Å². The maximum atomic E-state index is 10.9. The van der Waals surface area contributed by atoms with Crippen LogP contribution >= 0.6 is 0 Å². The number of fused-ring (bicyclic) bond motifs is 2. The number of hydrogen-bond acceptors (Lipinski definition) is 3. The monoisotopic (exact) mass is 184 g/mol. The molecule has 2 aliphatic rings. The number of carboxylic acid groups (broad SMARTS) is 2. The average Bonchev–Trinajstić information content (AvgIpc) is 2.61. The van der Waals surface area contributed by atoms with E-state index in [1.54, 1.807) is 6.08 Å². The maximum Gasteiger partial charge on any atom is 0.324 e. The van der Waals surface area contributed by atoms with Gasteiger partial charge in [-0.25, -0.2) is 0 Å². The Balaban J connectivity index is 2.42. The van der Waals surface area contributed by atoms with Crippen molar-refractivity contribution in [3.63, 3.8) is 0 Å². The van der Waals surface area contributed by atoms with E-state index in [0.29, 0.717) is 0 Å². The van der Waals surface area contributed by atoms with Crippen LogP contribution in [0.4, 0.5) is 0 Å². The van der Waals surface area contributed by atoms with Crippen LogP contribution in [0.15, 0.2) is 12.2 Å². The summed E-state index contributed by atoms with van der Waals surface area (Å²) in [5.74, 6) is -2.64. The zero-order chi connectivity index (χ0) is 9.64. The Morgan fingerprint density at radius 2 is 1.92 bits per heavy atom. The van der Waals surface area contributed by atoms with Crippen LogP contribution in [0.5, 0.6) is 0 Å². The molecule has 0 aliphatic carbocycles. The van der Waals surface area contributed by atoms with E-state index in [1.165, 1.54) is 6.08 Å². The fourth-order valence-electron chi connectivity index (χ4n) is 1.84. The predicted octanol–water partition coefficient (Wildman–Crippen LogP) is -0.131. The molecule has 2 unspecified atom stereocenters. The molecule has 2 aliphatic heterocycles. The molecule has 5 nitrogen and oxygen atoms in total. The molecule has 70 valence electrons. The second kappa shape index (κ2) is 2.32. The van der Waals surface area contributed by atoms with Gasteiger partial charge in [0.1, 0.15) is 6.10 Å². The minimum absolute atomic E-state index is 0.0266. The van der Waals surface area contributed by atoms with Gasteiger partial charge >= 0.3 is 11.9 Å². The highest BCUT2D eigenvalue weighted by Gasteiger charge is 2.61. The molecule has 2 heterocycles. The predicted molar refractivity (Wildman–Crippen MR) is 40.1 cm³/mol. The zero-order valence-electron chi connectivity index (χ0n) is 6.64. The highest BCUT2D eigenvalue weighted by Crippen LogP contribution is 2.44. The summed E-state index contributed by atoms with van der Waals surface area (Å²) < 4.78 is 5.14. The smallest absolute Gasteiger partial charge is 0.324 e. The highest BCUT2D eigenvalue weighted by atomic mass is 16.5. The van der Waals surface area contributed by atoms with Crippen molar-refractivity contribution in [1.29, 1.82) is 0 Å². The Morgan fingerprint density at radius 3 is 2.15 bits per heavy atom. The van der Waals surface area contributed by atoms with Crippen molar-refractivity contribution in [2.75, 3.05) is 0 Å². The van der Waals surface area contributed by atoms with Crippen LogP contribution in [0.2, 0.25) is 0 Å². The van der Waals surface area contributed by atoms with Gasteiger partial charge in [-0.15, -0.1) is 0 Å². The average molecular weight is 184 g/mol. The van der Waals surface area contributed by atoms with E-state index in [9.17, 15) is 9.59 Å². The first kappa shape index (κ1) is 8.25. The molecule has 0 radical (unpaired) electrons. The van der Waals surface area contributed by atoms with Gasteiger partial charge in [0.2, 0.25) is 0 Å². The fourth-order valence-corrected chi connectivity index (χ4v) is 1.84. The van der Waals surface area contributed by atoms with Crippen LogP contribution in [0.3, 0.4) is 0 Å². The summed E-state index contributed by atoms with van der Waals surface area (Å²) in [7, 11) is 0. The third-order valence-electron chi connectivity index (χ3n) is 2.59. The van der Waals surface area contributed by atoms with E-state index in [2.05, 4.69) is 0 Å². The normalized spacial score (nSPS) is 33.5. The largest absolute Gasteiger partial charge is 0.480 e. The molecule has 0 aromatic carbocycles. The molecule has 2 rings (SSSR count). The molecular weight excluding hydrogens is 176 g/mol. The van der Waals surface area contributed by atoms with Crippen LogP contribution < -0.4 is 0 Å². The Labute approximate surface area is 73.6 Å². The molecule has 2 N–H and O–H groups in total. The third kappa shape index (κ3) is 0.846. The van der Waals surface area contributed by atoms with Crippen molar-refractivity contribution in [2.45, 2.75) is 18.6 Å².